The summed E-state index contributed by atoms with van der Waals surface area (Å²) < 4.78 is 25.0. The van der Waals surface area contributed by atoms with Crippen LogP contribution in [-0.4, -0.2) is 50.5 Å². The molecular weight excluding hydrogens is 378 g/mol. The lowest BCUT2D eigenvalue weighted by molar-refractivity contribution is -0.127. The minimum Gasteiger partial charge on any atom is -0.353 e. The monoisotopic (exact) mass is 407 g/mol. The van der Waals surface area contributed by atoms with Gasteiger partial charge in [0.1, 0.15) is 0 Å². The van der Waals surface area contributed by atoms with Crippen molar-refractivity contribution in [3.8, 4) is 0 Å². The molecule has 7 nitrogen and oxygen atoms in total. The Morgan fingerprint density at radius 2 is 1.68 bits per heavy atom. The highest BCUT2D eigenvalue weighted by Crippen LogP contribution is 2.22. The Labute approximate surface area is 166 Å². The van der Waals surface area contributed by atoms with E-state index in [9.17, 15) is 18.0 Å². The van der Waals surface area contributed by atoms with Gasteiger partial charge >= 0.3 is 0 Å². The summed E-state index contributed by atoms with van der Waals surface area (Å²) in [6, 6.07) is 6.65. The van der Waals surface area contributed by atoms with Gasteiger partial charge in [0.25, 0.3) is 5.91 Å². The number of benzene rings is 1. The quantitative estimate of drug-likeness (QED) is 0.783. The second-order valence-electron chi connectivity index (χ2n) is 7.89. The molecule has 2 amide bonds. The van der Waals surface area contributed by atoms with Crippen molar-refractivity contribution in [3.05, 3.63) is 29.8 Å². The highest BCUT2D eigenvalue weighted by molar-refractivity contribution is 7.92. The predicted molar refractivity (Wildman–Crippen MR) is 109 cm³/mol. The fourth-order valence-corrected chi connectivity index (χ4v) is 4.58. The molecule has 2 aliphatic rings. The van der Waals surface area contributed by atoms with Crippen molar-refractivity contribution >= 4 is 27.5 Å². The third-order valence-corrected chi connectivity index (χ3v) is 6.07. The molecule has 1 heterocycles. The molecule has 0 spiro atoms. The molecular formula is C20H29N3O4S. The molecule has 1 atom stereocenters. The van der Waals surface area contributed by atoms with Gasteiger partial charge in [-0.15, -0.1) is 0 Å². The summed E-state index contributed by atoms with van der Waals surface area (Å²) in [5, 5.41) is 3.17. The van der Waals surface area contributed by atoms with E-state index in [-0.39, 0.29) is 23.8 Å². The zero-order valence-corrected chi connectivity index (χ0v) is 17.1. The third-order valence-electron chi connectivity index (χ3n) is 5.47. The largest absolute Gasteiger partial charge is 0.353 e. The maximum absolute atomic E-state index is 12.8. The molecule has 28 heavy (non-hydrogen) atoms. The fraction of sp³-hybridized carbons (Fsp3) is 0.600. The molecule has 2 N–H and O–H groups in total. The molecule has 0 bridgehead atoms. The molecule has 2 fully saturated rings. The summed E-state index contributed by atoms with van der Waals surface area (Å²) in [5.41, 5.74) is 0.912. The Morgan fingerprint density at radius 3 is 2.32 bits per heavy atom. The maximum Gasteiger partial charge on any atom is 0.253 e. The molecule has 1 aromatic rings. The maximum atomic E-state index is 12.8. The number of likely N-dealkylation sites (tertiary alicyclic amines) is 1. The van der Waals surface area contributed by atoms with Crippen LogP contribution in [-0.2, 0) is 14.8 Å². The number of hydrogen-bond acceptors (Lipinski definition) is 4. The molecule has 1 unspecified atom stereocenters. The number of nitrogens with zero attached hydrogens (tertiary/aromatic N) is 1. The molecule has 0 radical (unpaired) electrons. The normalized spacial score (nSPS) is 21.2. The molecule has 3 rings (SSSR count). The molecule has 0 aromatic heterocycles. The average molecular weight is 408 g/mol. The van der Waals surface area contributed by atoms with Crippen molar-refractivity contribution < 1.29 is 18.0 Å². The van der Waals surface area contributed by atoms with Crippen LogP contribution < -0.4 is 10.0 Å². The van der Waals surface area contributed by atoms with Crippen LogP contribution in [0.5, 0.6) is 0 Å². The fourth-order valence-electron chi connectivity index (χ4n) is 4.02. The van der Waals surface area contributed by atoms with Gasteiger partial charge in [0.2, 0.25) is 15.9 Å². The molecule has 1 saturated heterocycles. The highest BCUT2D eigenvalue weighted by Gasteiger charge is 2.30. The second kappa shape index (κ2) is 8.94. The van der Waals surface area contributed by atoms with Crippen molar-refractivity contribution in [1.29, 1.82) is 0 Å². The van der Waals surface area contributed by atoms with Crippen molar-refractivity contribution in [2.75, 3.05) is 24.1 Å². The van der Waals surface area contributed by atoms with Crippen LogP contribution in [0.25, 0.3) is 0 Å². The van der Waals surface area contributed by atoms with Gasteiger partial charge in [-0.05, 0) is 49.9 Å². The Bertz CT molecular complexity index is 801. The van der Waals surface area contributed by atoms with E-state index in [2.05, 4.69) is 10.0 Å². The minimum absolute atomic E-state index is 0.0668. The zero-order chi connectivity index (χ0) is 20.1. The SMILES string of the molecule is CS(=O)(=O)Nc1ccc(C(=O)N2CCCC(C(=O)NC3CCCCC3)C2)cc1. The van der Waals surface area contributed by atoms with Crippen LogP contribution >= 0.6 is 0 Å². The lowest BCUT2D eigenvalue weighted by Gasteiger charge is -2.33. The average Bonchev–Trinajstić information content (AvgIpc) is 2.68. The molecule has 1 aliphatic heterocycles. The van der Waals surface area contributed by atoms with Crippen LogP contribution in [0.3, 0.4) is 0 Å². The van der Waals surface area contributed by atoms with Gasteiger partial charge in [0.05, 0.1) is 12.2 Å². The molecule has 1 aliphatic carbocycles. The number of sulfonamides is 1. The summed E-state index contributed by atoms with van der Waals surface area (Å²) in [4.78, 5) is 27.2. The first kappa shape index (κ1) is 20.6. The van der Waals surface area contributed by atoms with Gasteiger partial charge in [-0.1, -0.05) is 19.3 Å². The van der Waals surface area contributed by atoms with Gasteiger partial charge in [-0.3, -0.25) is 14.3 Å². The van der Waals surface area contributed by atoms with Crippen LogP contribution in [0.1, 0.15) is 55.3 Å². The first-order valence-corrected chi connectivity index (χ1v) is 11.9. The highest BCUT2D eigenvalue weighted by atomic mass is 32.2. The Kier molecular flexibility index (Phi) is 6.59. The molecule has 8 heteroatoms. The molecule has 1 saturated carbocycles. The molecule has 1 aromatic carbocycles. The van der Waals surface area contributed by atoms with E-state index in [4.69, 9.17) is 0 Å². The zero-order valence-electron chi connectivity index (χ0n) is 16.3. The number of nitrogens with one attached hydrogen (secondary N) is 2. The predicted octanol–water partition coefficient (Wildman–Crippen LogP) is 2.36. The number of hydrogen-bond donors (Lipinski definition) is 2. The topological polar surface area (TPSA) is 95.6 Å². The van der Waals surface area contributed by atoms with Crippen molar-refractivity contribution in [3.63, 3.8) is 0 Å². The Morgan fingerprint density at radius 1 is 1.00 bits per heavy atom. The van der Waals surface area contributed by atoms with Gasteiger partial charge in [0, 0.05) is 30.4 Å². The van der Waals surface area contributed by atoms with E-state index in [0.717, 1.165) is 31.9 Å². The number of carbonyl (C=O) groups excluding carboxylic acids is 2. The summed E-state index contributed by atoms with van der Waals surface area (Å²) in [6.45, 7) is 1.07. The molecule has 154 valence electrons. The van der Waals surface area contributed by atoms with E-state index in [1.807, 2.05) is 0 Å². The van der Waals surface area contributed by atoms with Crippen molar-refractivity contribution in [2.45, 2.75) is 51.0 Å². The Balaban J connectivity index is 1.58. The number of piperidine rings is 1. The van der Waals surface area contributed by atoms with Gasteiger partial charge in [-0.2, -0.15) is 0 Å². The third kappa shape index (κ3) is 5.70. The van der Waals surface area contributed by atoms with E-state index >= 15 is 0 Å². The Hall–Kier alpha value is -2.09. The summed E-state index contributed by atoms with van der Waals surface area (Å²) in [7, 11) is -3.35. The van der Waals surface area contributed by atoms with Gasteiger partial charge < -0.3 is 10.2 Å². The summed E-state index contributed by atoms with van der Waals surface area (Å²) in [6.07, 6.45) is 8.38. The van der Waals surface area contributed by atoms with Crippen LogP contribution in [0.15, 0.2) is 24.3 Å². The number of anilines is 1. The summed E-state index contributed by atoms with van der Waals surface area (Å²) >= 11 is 0. The van der Waals surface area contributed by atoms with Crippen LogP contribution in [0.4, 0.5) is 5.69 Å². The van der Waals surface area contributed by atoms with Crippen LogP contribution in [0, 0.1) is 5.92 Å². The van der Waals surface area contributed by atoms with Gasteiger partial charge in [0.15, 0.2) is 0 Å². The lowest BCUT2D eigenvalue weighted by Crippen LogP contribution is -2.47. The minimum atomic E-state index is -3.35. The number of carbonyl (C=O) groups is 2. The van der Waals surface area contributed by atoms with E-state index < -0.39 is 10.0 Å². The van der Waals surface area contributed by atoms with Crippen molar-refractivity contribution in [1.82, 2.24) is 10.2 Å². The summed E-state index contributed by atoms with van der Waals surface area (Å²) in [5.74, 6) is -0.219. The lowest BCUT2D eigenvalue weighted by atomic mass is 9.93. The second-order valence-corrected chi connectivity index (χ2v) is 9.63. The van der Waals surface area contributed by atoms with E-state index in [1.165, 1.54) is 19.3 Å². The van der Waals surface area contributed by atoms with Crippen LogP contribution in [0.2, 0.25) is 0 Å². The number of rotatable bonds is 5. The first-order chi connectivity index (χ1) is 13.3. The van der Waals surface area contributed by atoms with Gasteiger partial charge in [-0.25, -0.2) is 8.42 Å². The number of amides is 2. The van der Waals surface area contributed by atoms with E-state index in [1.54, 1.807) is 29.2 Å². The standard InChI is InChI=1S/C20H29N3O4S/c1-28(26,27)22-18-11-9-15(10-12-18)20(25)23-13-5-6-16(14-23)19(24)21-17-7-3-2-4-8-17/h9-12,16-17,22H,2-8,13-14H2,1H3,(H,21,24). The first-order valence-electron chi connectivity index (χ1n) is 9.99. The van der Waals surface area contributed by atoms with E-state index in [0.29, 0.717) is 24.3 Å². The van der Waals surface area contributed by atoms with Crippen molar-refractivity contribution in [2.24, 2.45) is 5.92 Å². The smallest absolute Gasteiger partial charge is 0.253 e.